The molecule has 0 spiro atoms. The number of benzene rings is 2. The number of hydrogen-bond donors (Lipinski definition) is 0. The van der Waals surface area contributed by atoms with Crippen LogP contribution in [0.5, 0.6) is 5.75 Å². The van der Waals surface area contributed by atoms with Crippen LogP contribution in [-0.2, 0) is 6.54 Å². The summed E-state index contributed by atoms with van der Waals surface area (Å²) in [5.41, 5.74) is 4.64. The molecule has 0 aliphatic carbocycles. The van der Waals surface area contributed by atoms with Gasteiger partial charge in [-0.3, -0.25) is 0 Å². The Morgan fingerprint density at radius 2 is 1.65 bits per heavy atom. The molecule has 0 unspecified atom stereocenters. The summed E-state index contributed by atoms with van der Waals surface area (Å²) in [4.78, 5) is 14.1. The molecule has 0 N–H and O–H groups in total. The summed E-state index contributed by atoms with van der Waals surface area (Å²) >= 11 is 12.3. The van der Waals surface area contributed by atoms with Gasteiger partial charge in [-0.2, -0.15) is 0 Å². The van der Waals surface area contributed by atoms with Crippen molar-refractivity contribution >= 4 is 39.9 Å². The van der Waals surface area contributed by atoms with E-state index in [-0.39, 0.29) is 5.63 Å². The van der Waals surface area contributed by atoms with Crippen molar-refractivity contribution in [2.75, 3.05) is 11.6 Å². The van der Waals surface area contributed by atoms with Crippen molar-refractivity contribution < 1.29 is 9.15 Å². The fourth-order valence-corrected chi connectivity index (χ4v) is 3.90. The van der Waals surface area contributed by atoms with Crippen LogP contribution in [0, 0.1) is 20.8 Å². The van der Waals surface area contributed by atoms with E-state index < -0.39 is 0 Å². The number of hydrogen-bond acceptors (Lipinski definition) is 4. The van der Waals surface area contributed by atoms with Crippen LogP contribution in [0.25, 0.3) is 11.0 Å². The van der Waals surface area contributed by atoms with E-state index in [1.165, 1.54) is 0 Å². The van der Waals surface area contributed by atoms with Gasteiger partial charge in [0.15, 0.2) is 6.73 Å². The van der Waals surface area contributed by atoms with Crippen molar-refractivity contribution in [2.24, 2.45) is 0 Å². The number of fused-ring (bicyclic) bond motifs is 2. The first-order chi connectivity index (χ1) is 12.3. The van der Waals surface area contributed by atoms with Gasteiger partial charge in [0.1, 0.15) is 11.3 Å². The summed E-state index contributed by atoms with van der Waals surface area (Å²) in [5.74, 6) is 0.772. The van der Waals surface area contributed by atoms with Crippen LogP contribution in [-0.4, -0.2) is 6.73 Å². The predicted molar refractivity (Wildman–Crippen MR) is 105 cm³/mol. The molecule has 134 valence electrons. The second-order valence-corrected chi connectivity index (χ2v) is 7.48. The summed E-state index contributed by atoms with van der Waals surface area (Å²) in [7, 11) is 0. The first kappa shape index (κ1) is 17.3. The van der Waals surface area contributed by atoms with Gasteiger partial charge in [0.25, 0.3) is 0 Å². The van der Waals surface area contributed by atoms with E-state index in [2.05, 4.69) is 4.90 Å². The number of nitrogens with zero attached hydrogens (tertiary/aromatic N) is 1. The van der Waals surface area contributed by atoms with Crippen molar-refractivity contribution in [3.63, 3.8) is 0 Å². The highest BCUT2D eigenvalue weighted by Gasteiger charge is 2.23. The molecule has 6 heteroatoms. The van der Waals surface area contributed by atoms with Crippen molar-refractivity contribution in [1.82, 2.24) is 0 Å². The number of anilines is 1. The minimum absolute atomic E-state index is 0.302. The summed E-state index contributed by atoms with van der Waals surface area (Å²) < 4.78 is 11.5. The molecule has 26 heavy (non-hydrogen) atoms. The quantitative estimate of drug-likeness (QED) is 0.523. The standard InChI is InChI=1S/C20H17Cl2NO3/c1-10-11(2)20(24)26-19-12(3)18-13(4-17(10)19)8-23(9-25-18)16-6-14(21)5-15(22)7-16/h4-7H,8-9H2,1-3H3. The lowest BCUT2D eigenvalue weighted by Gasteiger charge is -2.32. The average Bonchev–Trinajstić information content (AvgIpc) is 2.60. The normalized spacial score (nSPS) is 13.7. The smallest absolute Gasteiger partial charge is 0.339 e. The molecular formula is C20H17Cl2NO3. The molecule has 1 aromatic heterocycles. The van der Waals surface area contributed by atoms with Gasteiger partial charge >= 0.3 is 5.63 Å². The number of halogens is 2. The minimum Gasteiger partial charge on any atom is -0.472 e. The van der Waals surface area contributed by atoms with Crippen LogP contribution < -0.4 is 15.3 Å². The Hall–Kier alpha value is -2.17. The van der Waals surface area contributed by atoms with Crippen LogP contribution >= 0.6 is 23.2 Å². The van der Waals surface area contributed by atoms with Crippen molar-refractivity contribution in [3.05, 3.63) is 67.0 Å². The Morgan fingerprint density at radius 3 is 2.35 bits per heavy atom. The maximum absolute atomic E-state index is 12.0. The highest BCUT2D eigenvalue weighted by molar-refractivity contribution is 6.35. The lowest BCUT2D eigenvalue weighted by molar-refractivity contribution is 0.287. The largest absolute Gasteiger partial charge is 0.472 e. The van der Waals surface area contributed by atoms with E-state index in [1.807, 2.05) is 32.0 Å². The lowest BCUT2D eigenvalue weighted by atomic mass is 9.99. The van der Waals surface area contributed by atoms with Crippen molar-refractivity contribution in [2.45, 2.75) is 27.3 Å². The third-order valence-corrected chi connectivity index (χ3v) is 5.38. The van der Waals surface area contributed by atoms with E-state index in [4.69, 9.17) is 32.4 Å². The predicted octanol–water partition coefficient (Wildman–Crippen LogP) is 5.38. The molecule has 4 nitrogen and oxygen atoms in total. The third kappa shape index (κ3) is 2.74. The Bertz CT molecular complexity index is 1080. The van der Waals surface area contributed by atoms with Gasteiger partial charge in [0.05, 0.1) is 0 Å². The van der Waals surface area contributed by atoms with Crippen LogP contribution in [0.1, 0.15) is 22.3 Å². The molecule has 0 saturated carbocycles. The van der Waals surface area contributed by atoms with Crippen LogP contribution in [0.3, 0.4) is 0 Å². The SMILES string of the molecule is Cc1c(C)c2cc3c(c(C)c2oc1=O)OCN(c1cc(Cl)cc(Cl)c1)C3. The molecule has 0 fully saturated rings. The second kappa shape index (κ2) is 6.22. The van der Waals surface area contributed by atoms with E-state index in [0.29, 0.717) is 34.5 Å². The van der Waals surface area contributed by atoms with Gasteiger partial charge in [0.2, 0.25) is 0 Å². The Morgan fingerprint density at radius 1 is 0.962 bits per heavy atom. The first-order valence-electron chi connectivity index (χ1n) is 8.25. The molecule has 1 aliphatic rings. The summed E-state index contributed by atoms with van der Waals surface area (Å²) in [6.07, 6.45) is 0. The molecule has 0 radical (unpaired) electrons. The zero-order valence-corrected chi connectivity index (χ0v) is 16.2. The Kier molecular flexibility index (Phi) is 4.13. The molecule has 0 atom stereocenters. The maximum atomic E-state index is 12.0. The lowest BCUT2D eigenvalue weighted by Crippen LogP contribution is -2.32. The van der Waals surface area contributed by atoms with Crippen LogP contribution in [0.2, 0.25) is 10.0 Å². The fraction of sp³-hybridized carbons (Fsp3) is 0.250. The molecule has 0 saturated heterocycles. The highest BCUT2D eigenvalue weighted by atomic mass is 35.5. The summed E-state index contributed by atoms with van der Waals surface area (Å²) in [5, 5.41) is 2.11. The van der Waals surface area contributed by atoms with Gasteiger partial charge in [-0.1, -0.05) is 23.2 Å². The molecule has 2 aromatic carbocycles. The number of rotatable bonds is 1. The molecule has 0 bridgehead atoms. The van der Waals surface area contributed by atoms with Gasteiger partial charge in [0, 0.05) is 44.4 Å². The second-order valence-electron chi connectivity index (χ2n) is 6.61. The van der Waals surface area contributed by atoms with Crippen molar-refractivity contribution in [1.29, 1.82) is 0 Å². The molecule has 1 aliphatic heterocycles. The monoisotopic (exact) mass is 389 g/mol. The van der Waals surface area contributed by atoms with Crippen LogP contribution in [0.4, 0.5) is 5.69 Å². The molecule has 2 heterocycles. The third-order valence-electron chi connectivity index (χ3n) is 4.94. The molecule has 3 aromatic rings. The van der Waals surface area contributed by atoms with Gasteiger partial charge in [-0.25, -0.2) is 4.79 Å². The molecule has 4 rings (SSSR count). The highest BCUT2D eigenvalue weighted by Crippen LogP contribution is 2.38. The zero-order valence-electron chi connectivity index (χ0n) is 14.7. The fourth-order valence-electron chi connectivity index (χ4n) is 3.39. The zero-order chi connectivity index (χ0) is 18.6. The minimum atomic E-state index is -0.302. The average molecular weight is 390 g/mol. The van der Waals surface area contributed by atoms with E-state index in [9.17, 15) is 4.79 Å². The first-order valence-corrected chi connectivity index (χ1v) is 9.01. The molecule has 0 amide bonds. The Balaban J connectivity index is 1.84. The van der Waals surface area contributed by atoms with Gasteiger partial charge in [-0.15, -0.1) is 0 Å². The van der Waals surface area contributed by atoms with Gasteiger partial charge in [-0.05, 0) is 50.6 Å². The van der Waals surface area contributed by atoms with Crippen LogP contribution in [0.15, 0.2) is 33.5 Å². The maximum Gasteiger partial charge on any atom is 0.339 e. The summed E-state index contributed by atoms with van der Waals surface area (Å²) in [6, 6.07) is 7.48. The Labute approximate surface area is 160 Å². The summed E-state index contributed by atoms with van der Waals surface area (Å²) in [6.45, 7) is 6.67. The van der Waals surface area contributed by atoms with E-state index >= 15 is 0 Å². The van der Waals surface area contributed by atoms with Crippen molar-refractivity contribution in [3.8, 4) is 5.75 Å². The van der Waals surface area contributed by atoms with E-state index in [0.717, 1.165) is 33.5 Å². The number of aryl methyl sites for hydroxylation is 2. The van der Waals surface area contributed by atoms with Gasteiger partial charge < -0.3 is 14.1 Å². The topological polar surface area (TPSA) is 42.7 Å². The molecular weight excluding hydrogens is 373 g/mol. The number of ether oxygens (including phenoxy) is 1. The van der Waals surface area contributed by atoms with E-state index in [1.54, 1.807) is 13.0 Å².